The van der Waals surface area contributed by atoms with E-state index in [1.54, 1.807) is 30.3 Å². The monoisotopic (exact) mass is 403 g/mol. The topological polar surface area (TPSA) is 54.5 Å². The van der Waals surface area contributed by atoms with E-state index < -0.39 is 27.9 Å². The average molecular weight is 404 g/mol. The number of hydrogen-bond donors (Lipinski definition) is 0. The van der Waals surface area contributed by atoms with Gasteiger partial charge in [0.05, 0.1) is 16.9 Å². The van der Waals surface area contributed by atoms with Crippen LogP contribution in [0.5, 0.6) is 0 Å². The molecular weight excluding hydrogens is 382 g/mol. The van der Waals surface area contributed by atoms with Crippen molar-refractivity contribution in [3.05, 3.63) is 108 Å². The van der Waals surface area contributed by atoms with E-state index in [0.29, 0.717) is 0 Å². The number of carbonyl (C=O) groups excluding carboxylic acids is 1. The number of hydrogen-bond acceptors (Lipinski definition) is 3. The minimum atomic E-state index is -3.93. The summed E-state index contributed by atoms with van der Waals surface area (Å²) < 4.78 is 27.5. The molecule has 1 fully saturated rings. The van der Waals surface area contributed by atoms with Gasteiger partial charge in [0, 0.05) is 0 Å². The molecule has 1 saturated heterocycles. The van der Waals surface area contributed by atoms with Crippen molar-refractivity contribution in [1.82, 2.24) is 4.31 Å². The lowest BCUT2D eigenvalue weighted by Crippen LogP contribution is -2.56. The van der Waals surface area contributed by atoms with Crippen LogP contribution in [-0.4, -0.2) is 18.6 Å². The van der Waals surface area contributed by atoms with E-state index in [9.17, 15) is 13.2 Å². The Morgan fingerprint density at radius 2 is 1.41 bits per heavy atom. The third kappa shape index (κ3) is 3.61. The van der Waals surface area contributed by atoms with Crippen molar-refractivity contribution in [2.24, 2.45) is 5.92 Å². The normalized spacial score (nSPS) is 19.3. The highest BCUT2D eigenvalue weighted by molar-refractivity contribution is 7.89. The molecule has 1 aliphatic rings. The molecule has 0 bridgehead atoms. The van der Waals surface area contributed by atoms with Gasteiger partial charge < -0.3 is 0 Å². The van der Waals surface area contributed by atoms with Crippen molar-refractivity contribution in [3.8, 4) is 0 Å². The maximum Gasteiger partial charge on any atom is 0.267 e. The van der Waals surface area contributed by atoms with Crippen LogP contribution in [0, 0.1) is 12.8 Å². The number of rotatable bonds is 5. The van der Waals surface area contributed by atoms with Gasteiger partial charge in [0.15, 0.2) is 0 Å². The van der Waals surface area contributed by atoms with E-state index in [-0.39, 0.29) is 4.90 Å². The lowest BCUT2D eigenvalue weighted by molar-refractivity contribution is -0.143. The van der Waals surface area contributed by atoms with Gasteiger partial charge in [-0.25, -0.2) is 12.7 Å². The molecule has 5 heteroatoms. The molecule has 0 saturated carbocycles. The number of amides is 1. The van der Waals surface area contributed by atoms with Crippen molar-refractivity contribution in [2.45, 2.75) is 17.9 Å². The zero-order valence-corrected chi connectivity index (χ0v) is 16.8. The molecule has 3 aromatic rings. The Morgan fingerprint density at radius 3 is 2.03 bits per heavy atom. The number of aryl methyl sites for hydroxylation is 1. The highest BCUT2D eigenvalue weighted by Gasteiger charge is 2.53. The first kappa shape index (κ1) is 19.2. The Labute approximate surface area is 171 Å². The molecule has 146 valence electrons. The van der Waals surface area contributed by atoms with Gasteiger partial charge >= 0.3 is 0 Å². The van der Waals surface area contributed by atoms with Gasteiger partial charge in [-0.05, 0) is 30.2 Å². The van der Waals surface area contributed by atoms with Gasteiger partial charge in [-0.2, -0.15) is 0 Å². The first-order chi connectivity index (χ1) is 14.0. The highest BCUT2D eigenvalue weighted by atomic mass is 32.2. The SMILES string of the molecule is Cc1ccc(S(=O)(=O)N2C(=O)[C@H](/C=C/c3ccccc3)[C@@H]2c2ccccc2)cc1. The third-order valence-corrected chi connectivity index (χ3v) is 6.90. The van der Waals surface area contributed by atoms with Gasteiger partial charge in [0.25, 0.3) is 10.0 Å². The van der Waals surface area contributed by atoms with E-state index in [2.05, 4.69) is 0 Å². The fraction of sp³-hybridized carbons (Fsp3) is 0.125. The molecule has 0 aromatic heterocycles. The summed E-state index contributed by atoms with van der Waals surface area (Å²) in [5.41, 5.74) is 2.72. The second kappa shape index (κ2) is 7.68. The zero-order chi connectivity index (χ0) is 20.4. The zero-order valence-electron chi connectivity index (χ0n) is 16.0. The first-order valence-corrected chi connectivity index (χ1v) is 10.9. The highest BCUT2D eigenvalue weighted by Crippen LogP contribution is 2.44. The second-order valence-electron chi connectivity index (χ2n) is 7.10. The Balaban J connectivity index is 1.71. The number of benzene rings is 3. The molecule has 3 aromatic carbocycles. The van der Waals surface area contributed by atoms with Crippen LogP contribution < -0.4 is 0 Å². The molecule has 0 N–H and O–H groups in total. The standard InChI is InChI=1S/C24H21NO3S/c1-18-12-15-21(16-13-18)29(27,28)25-23(20-10-6-3-7-11-20)22(24(25)26)17-14-19-8-4-2-5-9-19/h2-17,22-23H,1H3/b17-14+/t22-,23+/m1/s1. The Hall–Kier alpha value is -3.18. The lowest BCUT2D eigenvalue weighted by Gasteiger charge is -2.45. The second-order valence-corrected chi connectivity index (χ2v) is 8.92. The summed E-state index contributed by atoms with van der Waals surface area (Å²) in [5.74, 6) is -0.940. The Bertz CT molecular complexity index is 1140. The molecule has 1 heterocycles. The van der Waals surface area contributed by atoms with Crippen LogP contribution in [-0.2, 0) is 14.8 Å². The molecule has 1 aliphatic heterocycles. The van der Waals surface area contributed by atoms with Crippen LogP contribution in [0.1, 0.15) is 22.7 Å². The molecule has 4 rings (SSSR count). The van der Waals surface area contributed by atoms with Crippen molar-refractivity contribution < 1.29 is 13.2 Å². The molecular formula is C24H21NO3S. The predicted octanol–water partition coefficient (Wildman–Crippen LogP) is 4.60. The van der Waals surface area contributed by atoms with Crippen LogP contribution in [0.3, 0.4) is 0 Å². The largest absolute Gasteiger partial charge is 0.273 e. The molecule has 4 nitrogen and oxygen atoms in total. The first-order valence-electron chi connectivity index (χ1n) is 9.41. The van der Waals surface area contributed by atoms with Crippen molar-refractivity contribution >= 4 is 22.0 Å². The van der Waals surface area contributed by atoms with Gasteiger partial charge in [-0.15, -0.1) is 0 Å². The predicted molar refractivity (Wildman–Crippen MR) is 113 cm³/mol. The van der Waals surface area contributed by atoms with Gasteiger partial charge in [0.1, 0.15) is 0 Å². The molecule has 29 heavy (non-hydrogen) atoms. The average Bonchev–Trinajstić information content (AvgIpc) is 2.73. The van der Waals surface area contributed by atoms with E-state index >= 15 is 0 Å². The van der Waals surface area contributed by atoms with Crippen molar-refractivity contribution in [3.63, 3.8) is 0 Å². The molecule has 1 amide bonds. The number of sulfonamides is 1. The summed E-state index contributed by atoms with van der Waals surface area (Å²) in [7, 11) is -3.93. The minimum Gasteiger partial charge on any atom is -0.273 e. The maximum atomic E-state index is 13.2. The summed E-state index contributed by atoms with van der Waals surface area (Å²) in [5, 5.41) is 0. The molecule has 0 radical (unpaired) electrons. The van der Waals surface area contributed by atoms with Crippen LogP contribution in [0.2, 0.25) is 0 Å². The minimum absolute atomic E-state index is 0.128. The van der Waals surface area contributed by atoms with E-state index in [1.165, 1.54) is 0 Å². The third-order valence-electron chi connectivity index (χ3n) is 5.11. The molecule has 2 atom stereocenters. The summed E-state index contributed by atoms with van der Waals surface area (Å²) in [4.78, 5) is 13.1. The van der Waals surface area contributed by atoms with Crippen LogP contribution in [0.15, 0.2) is 95.9 Å². The number of nitrogens with zero attached hydrogens (tertiary/aromatic N) is 1. The van der Waals surface area contributed by atoms with Crippen molar-refractivity contribution in [1.29, 1.82) is 0 Å². The van der Waals surface area contributed by atoms with E-state index in [0.717, 1.165) is 21.0 Å². The van der Waals surface area contributed by atoms with Gasteiger partial charge in [0.2, 0.25) is 5.91 Å². The Kier molecular flexibility index (Phi) is 5.07. The van der Waals surface area contributed by atoms with Gasteiger partial charge in [-0.3, -0.25) is 4.79 Å². The molecule has 0 unspecified atom stereocenters. The number of β-lactam (4-membered cyclic amide) rings is 1. The van der Waals surface area contributed by atoms with E-state index in [1.807, 2.05) is 73.7 Å². The summed E-state index contributed by atoms with van der Waals surface area (Å²) >= 11 is 0. The summed E-state index contributed by atoms with van der Waals surface area (Å²) in [6.07, 6.45) is 3.67. The van der Waals surface area contributed by atoms with E-state index in [4.69, 9.17) is 0 Å². The maximum absolute atomic E-state index is 13.2. The summed E-state index contributed by atoms with van der Waals surface area (Å²) in [6, 6.07) is 25.0. The fourth-order valence-corrected chi connectivity index (χ4v) is 5.15. The number of carbonyl (C=O) groups is 1. The fourth-order valence-electron chi connectivity index (χ4n) is 3.53. The van der Waals surface area contributed by atoms with Crippen molar-refractivity contribution in [2.75, 3.05) is 0 Å². The van der Waals surface area contributed by atoms with Crippen LogP contribution in [0.4, 0.5) is 0 Å². The summed E-state index contributed by atoms with van der Waals surface area (Å²) in [6.45, 7) is 1.89. The Morgan fingerprint density at radius 1 is 0.828 bits per heavy atom. The van der Waals surface area contributed by atoms with Crippen LogP contribution in [0.25, 0.3) is 6.08 Å². The smallest absolute Gasteiger partial charge is 0.267 e. The molecule has 0 spiro atoms. The quantitative estimate of drug-likeness (QED) is 0.585. The van der Waals surface area contributed by atoms with Crippen LogP contribution >= 0.6 is 0 Å². The van der Waals surface area contributed by atoms with Gasteiger partial charge in [-0.1, -0.05) is 90.5 Å². The molecule has 0 aliphatic carbocycles. The lowest BCUT2D eigenvalue weighted by atomic mass is 9.84.